The molecule has 3 atom stereocenters. The zero-order valence-corrected chi connectivity index (χ0v) is 47.7. The van der Waals surface area contributed by atoms with Crippen LogP contribution in [0, 0.1) is 0 Å². The Bertz CT molecular complexity index is 3470. The highest BCUT2D eigenvalue weighted by molar-refractivity contribution is 8.06. The molecular formula is C69H59N5O6S3. The van der Waals surface area contributed by atoms with E-state index in [1.165, 1.54) is 39.8 Å². The van der Waals surface area contributed by atoms with Crippen molar-refractivity contribution in [3.05, 3.63) is 309 Å². The number of anilines is 1. The number of rotatable bonds is 20. The molecule has 2 N–H and O–H groups in total. The summed E-state index contributed by atoms with van der Waals surface area (Å²) < 4.78 is 12.6. The lowest BCUT2D eigenvalue weighted by molar-refractivity contribution is -0.154. The molecule has 414 valence electrons. The van der Waals surface area contributed by atoms with Gasteiger partial charge in [-0.25, -0.2) is 9.78 Å². The van der Waals surface area contributed by atoms with Gasteiger partial charge in [0.05, 0.1) is 6.10 Å². The molecule has 1 aromatic heterocycles. The monoisotopic (exact) mass is 1150 g/mol. The van der Waals surface area contributed by atoms with Crippen LogP contribution in [0.25, 0.3) is 0 Å². The van der Waals surface area contributed by atoms with Crippen molar-refractivity contribution in [2.45, 2.75) is 54.0 Å². The fourth-order valence-electron chi connectivity index (χ4n) is 11.2. The average molecular weight is 1150 g/mol. The Labute approximate surface area is 495 Å². The highest BCUT2D eigenvalue weighted by Crippen LogP contribution is 2.46. The van der Waals surface area contributed by atoms with E-state index in [0.29, 0.717) is 23.2 Å². The molecule has 4 heterocycles. The summed E-state index contributed by atoms with van der Waals surface area (Å²) in [5.41, 5.74) is 4.69. The van der Waals surface area contributed by atoms with E-state index in [-0.39, 0.29) is 23.2 Å². The molecule has 0 spiro atoms. The molecule has 0 radical (unpaired) electrons. The van der Waals surface area contributed by atoms with Gasteiger partial charge in [-0.05, 0) is 47.1 Å². The second-order valence-electron chi connectivity index (χ2n) is 20.4. The molecule has 0 bridgehead atoms. The number of carbonyl (C=O) groups is 3. The first kappa shape index (κ1) is 55.0. The number of fused-ring (bicyclic) bond motifs is 1. The zero-order chi connectivity index (χ0) is 56.4. The van der Waals surface area contributed by atoms with Gasteiger partial charge in [-0.1, -0.05) is 248 Å². The molecule has 8 aromatic carbocycles. The van der Waals surface area contributed by atoms with Crippen LogP contribution in [0.3, 0.4) is 0 Å². The van der Waals surface area contributed by atoms with Gasteiger partial charge in [0.15, 0.2) is 16.9 Å². The highest BCUT2D eigenvalue weighted by atomic mass is 32.2. The summed E-state index contributed by atoms with van der Waals surface area (Å²) in [6.07, 6.45) is 2.25. The first-order valence-corrected chi connectivity index (χ1v) is 30.7. The van der Waals surface area contributed by atoms with Crippen molar-refractivity contribution >= 4 is 63.5 Å². The first-order chi connectivity index (χ1) is 40.9. The molecule has 2 unspecified atom stereocenters. The van der Waals surface area contributed by atoms with Crippen LogP contribution in [-0.2, 0) is 39.8 Å². The van der Waals surface area contributed by atoms with Gasteiger partial charge >= 0.3 is 5.97 Å². The second kappa shape index (κ2) is 25.3. The van der Waals surface area contributed by atoms with Crippen LogP contribution in [0.5, 0.6) is 0 Å². The lowest BCUT2D eigenvalue weighted by Gasteiger charge is -2.49. The third-order valence-electron chi connectivity index (χ3n) is 15.3. The first-order valence-electron chi connectivity index (χ1n) is 27.8. The van der Waals surface area contributed by atoms with Crippen LogP contribution >= 0.6 is 34.9 Å². The van der Waals surface area contributed by atoms with E-state index < -0.39 is 46.4 Å². The second-order valence-corrected chi connectivity index (χ2v) is 23.4. The van der Waals surface area contributed by atoms with Gasteiger partial charge in [-0.3, -0.25) is 14.5 Å². The number of nitrogens with zero attached hydrogens (tertiary/aromatic N) is 3. The summed E-state index contributed by atoms with van der Waals surface area (Å²) in [5.74, 6) is -0.774. The number of carbonyl (C=O) groups excluding carboxylic acids is 3. The molecule has 83 heavy (non-hydrogen) atoms. The van der Waals surface area contributed by atoms with E-state index in [1.807, 2.05) is 206 Å². The standard InChI is InChI=1S/C69H59N5O6S3/c75-63(71-60-64(76)74-61(58(47-82-65(60)74)81-45-56-43-25-26-44-78-56)66(77)79-62(48-27-9-1-10-28-48)49-29-11-2-12-30-49)59(73-80-69(53-37-19-6-20-38-53,54-39-21-7-22-40-54)55-41-23-8-24-42-55)57-46-83-67(70-57)72-68(50-31-13-3-14-32-50,51-33-15-4-16-34-51)52-35-17-5-18-36-52/h1-24,27-42,46,56,60,62,65H,25-26,43-45,47H2,(H,70,72)(H,71,75)/b73-59-/t56?,60?,65-/m0/s1. The number of nitrogens with one attached hydrogen (secondary N) is 2. The average Bonchev–Trinajstić information content (AvgIpc) is 2.35. The minimum Gasteiger partial charge on any atom is -0.448 e. The number of amides is 2. The summed E-state index contributed by atoms with van der Waals surface area (Å²) in [4.78, 5) is 60.1. The van der Waals surface area contributed by atoms with Crippen LogP contribution < -0.4 is 10.6 Å². The maximum Gasteiger partial charge on any atom is 0.356 e. The van der Waals surface area contributed by atoms with Gasteiger partial charge in [-0.2, -0.15) is 0 Å². The van der Waals surface area contributed by atoms with Crippen molar-refractivity contribution < 1.29 is 28.7 Å². The van der Waals surface area contributed by atoms with Gasteiger partial charge in [-0.15, -0.1) is 34.9 Å². The Balaban J connectivity index is 0.927. The summed E-state index contributed by atoms with van der Waals surface area (Å²) in [5, 5.41) is 13.5. The summed E-state index contributed by atoms with van der Waals surface area (Å²) in [6, 6.07) is 78.1. The van der Waals surface area contributed by atoms with Gasteiger partial charge in [0.2, 0.25) is 5.60 Å². The van der Waals surface area contributed by atoms with E-state index in [2.05, 4.69) is 47.0 Å². The largest absolute Gasteiger partial charge is 0.448 e. The van der Waals surface area contributed by atoms with Crippen molar-refractivity contribution in [1.82, 2.24) is 15.2 Å². The lowest BCUT2D eigenvalue weighted by atomic mass is 9.77. The molecule has 3 aliphatic heterocycles. The predicted molar refractivity (Wildman–Crippen MR) is 331 cm³/mol. The van der Waals surface area contributed by atoms with Crippen LogP contribution in [0.4, 0.5) is 5.13 Å². The lowest BCUT2D eigenvalue weighted by Crippen LogP contribution is -2.71. The molecule has 3 aliphatic rings. The number of benzene rings is 8. The Morgan fingerprint density at radius 3 is 1.59 bits per heavy atom. The smallest absolute Gasteiger partial charge is 0.356 e. The third kappa shape index (κ3) is 11.4. The third-order valence-corrected chi connectivity index (χ3v) is 18.7. The number of oxime groups is 1. The molecule has 2 saturated heterocycles. The van der Waals surface area contributed by atoms with Gasteiger partial charge in [0, 0.05) is 45.1 Å². The van der Waals surface area contributed by atoms with E-state index in [1.54, 1.807) is 5.38 Å². The SMILES string of the molecule is O=C(OC(c1ccccc1)c1ccccc1)C1=C(SCC2CCCCO2)CS[C@H]2C(NC(=O)/C(=N\OC(c3ccccc3)(c3ccccc3)c3ccccc3)c3csc(NC(c4ccccc4)(c4ccccc4)c4ccccc4)n3)C(=O)N12. The van der Waals surface area contributed by atoms with Crippen LogP contribution in [-0.4, -0.2) is 69.0 Å². The van der Waals surface area contributed by atoms with Crippen LogP contribution in [0.15, 0.2) is 264 Å². The summed E-state index contributed by atoms with van der Waals surface area (Å²) in [6.45, 7) is 0.689. The van der Waals surface area contributed by atoms with Crippen LogP contribution in [0.2, 0.25) is 0 Å². The molecule has 0 aliphatic carbocycles. The summed E-state index contributed by atoms with van der Waals surface area (Å²) >= 11 is 4.33. The molecule has 14 heteroatoms. The van der Waals surface area contributed by atoms with E-state index >= 15 is 14.4 Å². The van der Waals surface area contributed by atoms with Crippen molar-refractivity contribution in [3.63, 3.8) is 0 Å². The Morgan fingerprint density at radius 1 is 0.651 bits per heavy atom. The Kier molecular flexibility index (Phi) is 16.8. The normalized spacial score (nSPS) is 17.3. The number of thiazole rings is 1. The maximum absolute atomic E-state index is 15.6. The number of aromatic nitrogens is 1. The summed E-state index contributed by atoms with van der Waals surface area (Å²) in [7, 11) is 0. The van der Waals surface area contributed by atoms with E-state index in [4.69, 9.17) is 24.5 Å². The number of hydrogen-bond donors (Lipinski definition) is 2. The highest BCUT2D eigenvalue weighted by Gasteiger charge is 2.55. The van der Waals surface area contributed by atoms with Gasteiger partial charge in [0.25, 0.3) is 11.8 Å². The van der Waals surface area contributed by atoms with Crippen molar-refractivity contribution in [1.29, 1.82) is 0 Å². The fourth-order valence-corrected chi connectivity index (χ4v) is 14.6. The molecule has 2 fully saturated rings. The molecule has 12 rings (SSSR count). The number of β-lactam (4-membered cyclic amide) rings is 1. The van der Waals surface area contributed by atoms with E-state index in [9.17, 15) is 0 Å². The van der Waals surface area contributed by atoms with Crippen LogP contribution in [0.1, 0.15) is 75.6 Å². The molecular weight excluding hydrogens is 1090 g/mol. The molecule has 2 amide bonds. The number of esters is 1. The Hall–Kier alpha value is -8.53. The molecule has 0 saturated carbocycles. The van der Waals surface area contributed by atoms with E-state index in [0.717, 1.165) is 68.7 Å². The predicted octanol–water partition coefficient (Wildman–Crippen LogP) is 13.5. The van der Waals surface area contributed by atoms with Gasteiger partial charge in [0.1, 0.15) is 28.3 Å². The number of ether oxygens (including phenoxy) is 2. The maximum atomic E-state index is 15.6. The van der Waals surface area contributed by atoms with Crippen molar-refractivity contribution in [2.75, 3.05) is 23.4 Å². The molecule has 9 aromatic rings. The number of hydrogen-bond acceptors (Lipinski definition) is 12. The van der Waals surface area contributed by atoms with Gasteiger partial charge < -0.3 is 24.9 Å². The van der Waals surface area contributed by atoms with Crippen molar-refractivity contribution in [3.8, 4) is 0 Å². The molecule has 11 nitrogen and oxygen atoms in total. The number of thioether (sulfide) groups is 2. The quantitative estimate of drug-likeness (QED) is 0.0250. The topological polar surface area (TPSA) is 131 Å². The van der Waals surface area contributed by atoms with Crippen molar-refractivity contribution in [2.24, 2.45) is 5.16 Å². The minimum atomic E-state index is -1.37. The zero-order valence-electron chi connectivity index (χ0n) is 45.2. The Morgan fingerprint density at radius 2 is 1.12 bits per heavy atom. The fraction of sp³-hybridized carbons (Fsp3) is 0.174. The minimum absolute atomic E-state index is 0.0129.